The molecule has 0 saturated heterocycles. The van der Waals surface area contributed by atoms with E-state index in [1.807, 2.05) is 37.3 Å². The molecule has 19 heavy (non-hydrogen) atoms. The lowest BCUT2D eigenvalue weighted by Crippen LogP contribution is -2.15. The molecule has 2 heterocycles. The molecular formula is C15H15NO3. The van der Waals surface area contributed by atoms with E-state index in [9.17, 15) is 5.11 Å². The summed E-state index contributed by atoms with van der Waals surface area (Å²) >= 11 is 0. The second kappa shape index (κ2) is 4.90. The van der Waals surface area contributed by atoms with Gasteiger partial charge in [-0.25, -0.2) is 0 Å². The average Bonchev–Trinajstić information content (AvgIpc) is 2.46. The Morgan fingerprint density at radius 2 is 1.79 bits per heavy atom. The second-order valence-electron chi connectivity index (χ2n) is 4.54. The zero-order valence-electron chi connectivity index (χ0n) is 10.7. The first kappa shape index (κ1) is 12.0. The van der Waals surface area contributed by atoms with Crippen LogP contribution in [0.3, 0.4) is 0 Å². The first-order valence-corrected chi connectivity index (χ1v) is 6.24. The quantitative estimate of drug-likeness (QED) is 0.896. The summed E-state index contributed by atoms with van der Waals surface area (Å²) < 4.78 is 11.0. The second-order valence-corrected chi connectivity index (χ2v) is 4.54. The van der Waals surface area contributed by atoms with Gasteiger partial charge in [-0.3, -0.25) is 4.98 Å². The minimum Gasteiger partial charge on any atom is -0.486 e. The van der Waals surface area contributed by atoms with Crippen LogP contribution < -0.4 is 9.47 Å². The van der Waals surface area contributed by atoms with Crippen molar-refractivity contribution in [2.24, 2.45) is 0 Å². The Kier molecular flexibility index (Phi) is 3.09. The smallest absolute Gasteiger partial charge is 0.161 e. The number of ether oxygens (including phenoxy) is 2. The van der Waals surface area contributed by atoms with Crippen molar-refractivity contribution in [2.45, 2.75) is 13.0 Å². The van der Waals surface area contributed by atoms with Gasteiger partial charge in [0.25, 0.3) is 0 Å². The number of aromatic nitrogens is 1. The van der Waals surface area contributed by atoms with Gasteiger partial charge in [-0.05, 0) is 42.3 Å². The summed E-state index contributed by atoms with van der Waals surface area (Å²) in [5.74, 6) is 1.42. The van der Waals surface area contributed by atoms with Gasteiger partial charge in [-0.2, -0.15) is 0 Å². The maximum absolute atomic E-state index is 10.4. The van der Waals surface area contributed by atoms with E-state index in [1.54, 1.807) is 6.20 Å². The number of pyridine rings is 1. The van der Waals surface area contributed by atoms with Crippen molar-refractivity contribution in [3.05, 3.63) is 53.3 Å². The SMILES string of the molecule is Cc1cc(C(O)c2ccc3c(c2)OCCO3)ccn1. The topological polar surface area (TPSA) is 51.6 Å². The summed E-state index contributed by atoms with van der Waals surface area (Å²) in [6.45, 7) is 3.01. The molecule has 98 valence electrons. The average molecular weight is 257 g/mol. The predicted molar refractivity (Wildman–Crippen MR) is 70.5 cm³/mol. The number of hydrogen-bond donors (Lipinski definition) is 1. The maximum Gasteiger partial charge on any atom is 0.161 e. The van der Waals surface area contributed by atoms with Crippen molar-refractivity contribution in [3.63, 3.8) is 0 Å². The number of fused-ring (bicyclic) bond motifs is 1. The zero-order valence-corrected chi connectivity index (χ0v) is 10.7. The maximum atomic E-state index is 10.4. The monoisotopic (exact) mass is 257 g/mol. The summed E-state index contributed by atoms with van der Waals surface area (Å²) in [5.41, 5.74) is 2.49. The highest BCUT2D eigenvalue weighted by Crippen LogP contribution is 2.34. The van der Waals surface area contributed by atoms with Crippen molar-refractivity contribution in [3.8, 4) is 11.5 Å². The van der Waals surface area contributed by atoms with E-state index in [2.05, 4.69) is 4.98 Å². The van der Waals surface area contributed by atoms with Crippen molar-refractivity contribution in [2.75, 3.05) is 13.2 Å². The van der Waals surface area contributed by atoms with Crippen molar-refractivity contribution in [1.82, 2.24) is 4.98 Å². The molecule has 1 aromatic heterocycles. The highest BCUT2D eigenvalue weighted by atomic mass is 16.6. The molecule has 1 atom stereocenters. The molecule has 0 spiro atoms. The lowest BCUT2D eigenvalue weighted by molar-refractivity contribution is 0.169. The summed E-state index contributed by atoms with van der Waals surface area (Å²) in [7, 11) is 0. The van der Waals surface area contributed by atoms with E-state index in [1.165, 1.54) is 0 Å². The number of benzene rings is 1. The summed E-state index contributed by atoms with van der Waals surface area (Å²) in [6.07, 6.45) is 1.02. The summed E-state index contributed by atoms with van der Waals surface area (Å²) in [6, 6.07) is 9.21. The number of aryl methyl sites for hydroxylation is 1. The van der Waals surface area contributed by atoms with Crippen LogP contribution in [0.5, 0.6) is 11.5 Å². The standard InChI is InChI=1S/C15H15NO3/c1-10-8-12(4-5-16-10)15(17)11-2-3-13-14(9-11)19-7-6-18-13/h2-5,8-9,15,17H,6-7H2,1H3. The van der Waals surface area contributed by atoms with Crippen LogP contribution in [0.2, 0.25) is 0 Å². The predicted octanol–water partition coefficient (Wildman–Crippen LogP) is 2.24. The Hall–Kier alpha value is -2.07. The number of nitrogens with zero attached hydrogens (tertiary/aromatic N) is 1. The molecule has 1 aromatic carbocycles. The molecule has 0 saturated carbocycles. The molecule has 2 aromatic rings. The fourth-order valence-electron chi connectivity index (χ4n) is 2.16. The van der Waals surface area contributed by atoms with E-state index in [-0.39, 0.29) is 0 Å². The van der Waals surface area contributed by atoms with E-state index in [0.29, 0.717) is 19.0 Å². The number of aliphatic hydroxyl groups is 1. The molecule has 1 unspecified atom stereocenters. The van der Waals surface area contributed by atoms with E-state index >= 15 is 0 Å². The first-order chi connectivity index (χ1) is 9.24. The van der Waals surface area contributed by atoms with E-state index in [0.717, 1.165) is 22.6 Å². The zero-order chi connectivity index (χ0) is 13.2. The number of rotatable bonds is 2. The van der Waals surface area contributed by atoms with Crippen LogP contribution in [0.4, 0.5) is 0 Å². The van der Waals surface area contributed by atoms with Gasteiger partial charge in [0.05, 0.1) is 0 Å². The van der Waals surface area contributed by atoms with Crippen LogP contribution in [0, 0.1) is 6.92 Å². The van der Waals surface area contributed by atoms with Crippen LogP contribution in [0.1, 0.15) is 22.9 Å². The fourth-order valence-corrected chi connectivity index (χ4v) is 2.16. The highest BCUT2D eigenvalue weighted by molar-refractivity contribution is 5.46. The molecule has 1 aliphatic rings. The highest BCUT2D eigenvalue weighted by Gasteiger charge is 2.16. The Bertz CT molecular complexity index is 598. The van der Waals surface area contributed by atoms with Crippen LogP contribution in [-0.4, -0.2) is 23.3 Å². The Morgan fingerprint density at radius 3 is 2.58 bits per heavy atom. The van der Waals surface area contributed by atoms with Crippen LogP contribution in [0.25, 0.3) is 0 Å². The molecule has 4 nitrogen and oxygen atoms in total. The van der Waals surface area contributed by atoms with E-state index in [4.69, 9.17) is 9.47 Å². The third-order valence-electron chi connectivity index (χ3n) is 3.12. The number of aliphatic hydroxyl groups excluding tert-OH is 1. The Labute approximate surface area is 111 Å². The van der Waals surface area contributed by atoms with Crippen molar-refractivity contribution in [1.29, 1.82) is 0 Å². The lowest BCUT2D eigenvalue weighted by atomic mass is 10.0. The van der Waals surface area contributed by atoms with Crippen LogP contribution in [-0.2, 0) is 0 Å². The molecule has 0 amide bonds. The Morgan fingerprint density at radius 1 is 1.05 bits per heavy atom. The number of hydrogen-bond acceptors (Lipinski definition) is 4. The lowest BCUT2D eigenvalue weighted by Gasteiger charge is -2.20. The first-order valence-electron chi connectivity index (χ1n) is 6.24. The molecule has 0 fully saturated rings. The van der Waals surface area contributed by atoms with Crippen molar-refractivity contribution >= 4 is 0 Å². The molecule has 3 rings (SSSR count). The molecule has 4 heteroatoms. The van der Waals surface area contributed by atoms with Gasteiger partial charge >= 0.3 is 0 Å². The van der Waals surface area contributed by atoms with Gasteiger partial charge in [0.2, 0.25) is 0 Å². The van der Waals surface area contributed by atoms with Crippen LogP contribution >= 0.6 is 0 Å². The Balaban J connectivity index is 1.93. The van der Waals surface area contributed by atoms with Gasteiger partial charge in [0.1, 0.15) is 19.3 Å². The molecule has 0 radical (unpaired) electrons. The summed E-state index contributed by atoms with van der Waals surface area (Å²) in [5, 5.41) is 10.4. The van der Waals surface area contributed by atoms with Gasteiger partial charge < -0.3 is 14.6 Å². The third kappa shape index (κ3) is 2.39. The molecule has 0 aliphatic carbocycles. The summed E-state index contributed by atoms with van der Waals surface area (Å²) in [4.78, 5) is 4.13. The van der Waals surface area contributed by atoms with E-state index < -0.39 is 6.10 Å². The fraction of sp³-hybridized carbons (Fsp3) is 0.267. The normalized spacial score (nSPS) is 15.1. The largest absolute Gasteiger partial charge is 0.486 e. The molecule has 1 N–H and O–H groups in total. The van der Waals surface area contributed by atoms with Crippen LogP contribution in [0.15, 0.2) is 36.5 Å². The van der Waals surface area contributed by atoms with Gasteiger partial charge in [-0.1, -0.05) is 6.07 Å². The minimum absolute atomic E-state index is 0.543. The van der Waals surface area contributed by atoms with Crippen molar-refractivity contribution < 1.29 is 14.6 Å². The van der Waals surface area contributed by atoms with Gasteiger partial charge in [-0.15, -0.1) is 0 Å². The third-order valence-corrected chi connectivity index (χ3v) is 3.12. The molecular weight excluding hydrogens is 242 g/mol. The van der Waals surface area contributed by atoms with Gasteiger partial charge in [0.15, 0.2) is 11.5 Å². The minimum atomic E-state index is -0.683. The van der Waals surface area contributed by atoms with Gasteiger partial charge in [0, 0.05) is 11.9 Å². The molecule has 0 bridgehead atoms. The molecule has 1 aliphatic heterocycles.